The van der Waals surface area contributed by atoms with E-state index in [-0.39, 0.29) is 17.6 Å². The number of carbonyl (C=O) groups is 2. The number of rotatable bonds is 9. The number of carbonyl (C=O) groups excluding carboxylic acids is 2. The van der Waals surface area contributed by atoms with E-state index in [4.69, 9.17) is 5.73 Å². The highest BCUT2D eigenvalue weighted by molar-refractivity contribution is 5.89. The van der Waals surface area contributed by atoms with Crippen molar-refractivity contribution < 1.29 is 14.7 Å². The molecule has 1 saturated carbocycles. The Morgan fingerprint density at radius 2 is 1.76 bits per heavy atom. The monoisotopic (exact) mass is 403 g/mol. The maximum atomic E-state index is 12.4. The fraction of sp³-hybridized carbons (Fsp3) is 0.652. The maximum absolute atomic E-state index is 12.4. The first-order chi connectivity index (χ1) is 13.8. The number of hydrogen-bond donors (Lipinski definition) is 4. The summed E-state index contributed by atoms with van der Waals surface area (Å²) in [6, 6.07) is 1.95. The highest BCUT2D eigenvalue weighted by Gasteiger charge is 2.21. The van der Waals surface area contributed by atoms with Crippen molar-refractivity contribution >= 4 is 11.8 Å². The zero-order valence-electron chi connectivity index (χ0n) is 18.1. The molecule has 162 valence electrons. The fourth-order valence-corrected chi connectivity index (χ4v) is 4.22. The van der Waals surface area contributed by atoms with Gasteiger partial charge in [0.15, 0.2) is 0 Å². The van der Waals surface area contributed by atoms with Crippen LogP contribution in [0.2, 0.25) is 0 Å². The van der Waals surface area contributed by atoms with Gasteiger partial charge in [-0.05, 0) is 74.8 Å². The van der Waals surface area contributed by atoms with Crippen molar-refractivity contribution in [3.05, 3.63) is 28.8 Å². The van der Waals surface area contributed by atoms with Gasteiger partial charge in [-0.2, -0.15) is 0 Å². The van der Waals surface area contributed by atoms with Gasteiger partial charge in [0, 0.05) is 6.54 Å². The Balaban J connectivity index is 1.73. The highest BCUT2D eigenvalue weighted by Crippen LogP contribution is 2.27. The number of aryl methyl sites for hydroxylation is 2. The fourth-order valence-electron chi connectivity index (χ4n) is 4.22. The molecule has 0 saturated heterocycles. The van der Waals surface area contributed by atoms with E-state index >= 15 is 0 Å². The molecule has 1 aromatic carbocycles. The minimum atomic E-state index is -0.751. The average molecular weight is 404 g/mol. The lowest BCUT2D eigenvalue weighted by Crippen LogP contribution is -2.51. The first kappa shape index (κ1) is 23.2. The van der Waals surface area contributed by atoms with Crippen LogP contribution in [0.1, 0.15) is 68.6 Å². The van der Waals surface area contributed by atoms with Crippen molar-refractivity contribution in [3.8, 4) is 5.75 Å². The average Bonchev–Trinajstić information content (AvgIpc) is 2.68. The Morgan fingerprint density at radius 3 is 2.38 bits per heavy atom. The Morgan fingerprint density at radius 1 is 1.14 bits per heavy atom. The van der Waals surface area contributed by atoms with Crippen LogP contribution in [0, 0.1) is 19.8 Å². The van der Waals surface area contributed by atoms with Crippen LogP contribution in [0.4, 0.5) is 0 Å². The number of aromatic hydroxyl groups is 1. The molecule has 0 heterocycles. The molecular weight excluding hydrogens is 366 g/mol. The number of hydrogen-bond acceptors (Lipinski definition) is 4. The summed E-state index contributed by atoms with van der Waals surface area (Å²) < 4.78 is 0. The molecule has 6 heteroatoms. The summed E-state index contributed by atoms with van der Waals surface area (Å²) in [4.78, 5) is 24.7. The summed E-state index contributed by atoms with van der Waals surface area (Å²) in [5.74, 6) is 0.492. The SMILES string of the molecule is Cc1cc(O)cc(C)c1CC(N)C(=O)N[C@H](C)C(=O)NCCCC1CCCCC1. The number of phenolic OH excluding ortho intramolecular Hbond substituents is 1. The summed E-state index contributed by atoms with van der Waals surface area (Å²) in [6.45, 7) is 6.10. The third-order valence-corrected chi connectivity index (χ3v) is 6.01. The van der Waals surface area contributed by atoms with Gasteiger partial charge in [-0.25, -0.2) is 0 Å². The van der Waals surface area contributed by atoms with Crippen LogP contribution in [0.3, 0.4) is 0 Å². The van der Waals surface area contributed by atoms with Crippen molar-refractivity contribution in [1.82, 2.24) is 10.6 Å². The van der Waals surface area contributed by atoms with Gasteiger partial charge in [0.05, 0.1) is 6.04 Å². The molecule has 2 rings (SSSR count). The second kappa shape index (κ2) is 11.2. The third-order valence-electron chi connectivity index (χ3n) is 6.01. The molecule has 0 radical (unpaired) electrons. The summed E-state index contributed by atoms with van der Waals surface area (Å²) >= 11 is 0. The second-order valence-corrected chi connectivity index (χ2v) is 8.54. The molecule has 0 aromatic heterocycles. The van der Waals surface area contributed by atoms with E-state index in [0.29, 0.717) is 13.0 Å². The molecule has 0 bridgehead atoms. The van der Waals surface area contributed by atoms with E-state index in [1.807, 2.05) is 13.8 Å². The molecule has 6 nitrogen and oxygen atoms in total. The lowest BCUT2D eigenvalue weighted by Gasteiger charge is -2.22. The minimum Gasteiger partial charge on any atom is -0.508 e. The van der Waals surface area contributed by atoms with E-state index in [9.17, 15) is 14.7 Å². The zero-order valence-corrected chi connectivity index (χ0v) is 18.1. The second-order valence-electron chi connectivity index (χ2n) is 8.54. The maximum Gasteiger partial charge on any atom is 0.242 e. The van der Waals surface area contributed by atoms with Gasteiger partial charge in [-0.3, -0.25) is 9.59 Å². The largest absolute Gasteiger partial charge is 0.508 e. The zero-order chi connectivity index (χ0) is 21.4. The van der Waals surface area contributed by atoms with Crippen molar-refractivity contribution in [1.29, 1.82) is 0 Å². The minimum absolute atomic E-state index is 0.175. The van der Waals surface area contributed by atoms with E-state index in [1.165, 1.54) is 32.1 Å². The standard InChI is InChI=1S/C23H37N3O3/c1-15-12-19(27)13-16(2)20(15)14-21(24)23(29)26-17(3)22(28)25-11-7-10-18-8-5-4-6-9-18/h12-13,17-18,21,27H,4-11,14,24H2,1-3H3,(H,25,28)(H,26,29)/t17-,21?/m1/s1. The molecule has 29 heavy (non-hydrogen) atoms. The van der Waals surface area contributed by atoms with Gasteiger partial charge in [0.1, 0.15) is 11.8 Å². The van der Waals surface area contributed by atoms with Crippen molar-refractivity contribution in [2.75, 3.05) is 6.54 Å². The number of nitrogens with one attached hydrogen (secondary N) is 2. The van der Waals surface area contributed by atoms with Crippen LogP contribution >= 0.6 is 0 Å². The molecule has 1 aliphatic carbocycles. The highest BCUT2D eigenvalue weighted by atomic mass is 16.3. The van der Waals surface area contributed by atoms with Crippen molar-refractivity contribution in [2.24, 2.45) is 11.7 Å². The predicted molar refractivity (Wildman–Crippen MR) is 116 cm³/mol. The van der Waals surface area contributed by atoms with Crippen LogP contribution in [0.5, 0.6) is 5.75 Å². The molecule has 1 aliphatic rings. The van der Waals surface area contributed by atoms with Gasteiger partial charge >= 0.3 is 0 Å². The molecule has 0 spiro atoms. The quantitative estimate of drug-likeness (QED) is 0.476. The van der Waals surface area contributed by atoms with E-state index in [1.54, 1.807) is 19.1 Å². The Kier molecular flexibility index (Phi) is 8.96. The summed E-state index contributed by atoms with van der Waals surface area (Å²) in [5, 5.41) is 15.3. The van der Waals surface area contributed by atoms with Gasteiger partial charge < -0.3 is 21.5 Å². The molecule has 1 aromatic rings. The molecule has 2 atom stereocenters. The first-order valence-electron chi connectivity index (χ1n) is 10.9. The molecule has 1 fully saturated rings. The lowest BCUT2D eigenvalue weighted by atomic mass is 9.86. The number of amides is 2. The van der Waals surface area contributed by atoms with Crippen molar-refractivity contribution in [2.45, 2.75) is 84.2 Å². The van der Waals surface area contributed by atoms with E-state index in [2.05, 4.69) is 10.6 Å². The van der Waals surface area contributed by atoms with Crippen molar-refractivity contribution in [3.63, 3.8) is 0 Å². The predicted octanol–water partition coefficient (Wildman–Crippen LogP) is 2.86. The number of benzene rings is 1. The Labute approximate surface area is 174 Å². The van der Waals surface area contributed by atoms with Gasteiger partial charge in [0.25, 0.3) is 0 Å². The van der Waals surface area contributed by atoms with Crippen LogP contribution in [0.15, 0.2) is 12.1 Å². The van der Waals surface area contributed by atoms with Crippen LogP contribution in [-0.2, 0) is 16.0 Å². The van der Waals surface area contributed by atoms with Gasteiger partial charge in [-0.1, -0.05) is 32.1 Å². The van der Waals surface area contributed by atoms with Gasteiger partial charge in [0.2, 0.25) is 11.8 Å². The first-order valence-corrected chi connectivity index (χ1v) is 10.9. The summed E-state index contributed by atoms with van der Waals surface area (Å²) in [5.41, 5.74) is 8.82. The molecular formula is C23H37N3O3. The Hall–Kier alpha value is -2.08. The Bertz CT molecular complexity index is 676. The van der Waals surface area contributed by atoms with E-state index < -0.39 is 12.1 Å². The smallest absolute Gasteiger partial charge is 0.242 e. The summed E-state index contributed by atoms with van der Waals surface area (Å²) in [7, 11) is 0. The van der Waals surface area contributed by atoms with Crippen LogP contribution < -0.4 is 16.4 Å². The van der Waals surface area contributed by atoms with Crippen LogP contribution in [0.25, 0.3) is 0 Å². The molecule has 5 N–H and O–H groups in total. The topological polar surface area (TPSA) is 104 Å². The summed E-state index contributed by atoms with van der Waals surface area (Å²) in [6.07, 6.45) is 9.18. The molecule has 0 aliphatic heterocycles. The molecule has 2 amide bonds. The van der Waals surface area contributed by atoms with Gasteiger partial charge in [-0.15, -0.1) is 0 Å². The number of nitrogens with two attached hydrogens (primary N) is 1. The third kappa shape index (κ3) is 7.35. The van der Waals surface area contributed by atoms with E-state index in [0.717, 1.165) is 35.4 Å². The normalized spacial score (nSPS) is 16.8. The number of phenols is 1. The van der Waals surface area contributed by atoms with Crippen LogP contribution in [-0.4, -0.2) is 35.5 Å². The molecule has 1 unspecified atom stereocenters. The lowest BCUT2D eigenvalue weighted by molar-refractivity contribution is -0.129.